The van der Waals surface area contributed by atoms with Crippen molar-refractivity contribution in [2.45, 2.75) is 71.1 Å². The standard InChI is InChI=1S/C34H39F4N5O5S/c1-5-30(44)42(25-10-8-7-9-11-25)26-16-18-41(19-17-26)32-24(13-15-29(40-32)34(36,37)38)21-39-33(46)22(3)23-12-14-28(27(35)20-23)43(31(45)6-2)49(4,47)48/h7-15,20,22,26H,5-6,16-19,21H2,1-4H3,(H,39,46). The second-order valence-electron chi connectivity index (χ2n) is 11.8. The molecule has 10 nitrogen and oxygen atoms in total. The smallest absolute Gasteiger partial charge is 0.356 e. The summed E-state index contributed by atoms with van der Waals surface area (Å²) in [5.41, 5.74) is -0.283. The first-order valence-electron chi connectivity index (χ1n) is 15.9. The Bertz CT molecular complexity index is 1780. The van der Waals surface area contributed by atoms with Crippen molar-refractivity contribution < 1.29 is 40.4 Å². The summed E-state index contributed by atoms with van der Waals surface area (Å²) in [6, 6.07) is 14.6. The Labute approximate surface area is 283 Å². The van der Waals surface area contributed by atoms with E-state index < -0.39 is 51.1 Å². The molecule has 0 aliphatic carbocycles. The van der Waals surface area contributed by atoms with Crippen molar-refractivity contribution in [3.63, 3.8) is 0 Å². The molecule has 2 aromatic carbocycles. The van der Waals surface area contributed by atoms with Gasteiger partial charge in [0.15, 0.2) is 0 Å². The average molecular weight is 706 g/mol. The molecule has 1 unspecified atom stereocenters. The number of nitrogens with one attached hydrogen (secondary N) is 1. The van der Waals surface area contributed by atoms with Gasteiger partial charge in [-0.15, -0.1) is 0 Å². The van der Waals surface area contributed by atoms with Crippen LogP contribution in [0.25, 0.3) is 0 Å². The highest BCUT2D eigenvalue weighted by molar-refractivity contribution is 7.92. The maximum Gasteiger partial charge on any atom is 0.433 e. The summed E-state index contributed by atoms with van der Waals surface area (Å²) >= 11 is 0. The van der Waals surface area contributed by atoms with E-state index in [2.05, 4.69) is 10.3 Å². The second-order valence-corrected chi connectivity index (χ2v) is 13.6. The number of sulfonamides is 1. The SMILES string of the molecule is CCC(=O)N(c1ccccc1)C1CCN(c2nc(C(F)(F)F)ccc2CNC(=O)C(C)c2ccc(N(C(=O)CC)S(C)(=O)=O)c(F)c2)CC1. The molecule has 1 aliphatic heterocycles. The number of aromatic nitrogens is 1. The number of hydrogen-bond acceptors (Lipinski definition) is 7. The van der Waals surface area contributed by atoms with E-state index in [9.17, 15) is 36.0 Å². The Kier molecular flexibility index (Phi) is 11.7. The van der Waals surface area contributed by atoms with Gasteiger partial charge in [0.25, 0.3) is 0 Å². The Morgan fingerprint density at radius 1 is 0.980 bits per heavy atom. The fourth-order valence-electron chi connectivity index (χ4n) is 5.79. The van der Waals surface area contributed by atoms with E-state index in [0.29, 0.717) is 42.2 Å². The molecular weight excluding hydrogens is 666 g/mol. The van der Waals surface area contributed by atoms with Gasteiger partial charge in [0, 0.05) is 49.8 Å². The van der Waals surface area contributed by atoms with Gasteiger partial charge in [0.05, 0.1) is 17.9 Å². The highest BCUT2D eigenvalue weighted by atomic mass is 32.2. The quantitative estimate of drug-likeness (QED) is 0.252. The molecule has 0 spiro atoms. The number of para-hydroxylation sites is 1. The molecule has 264 valence electrons. The third kappa shape index (κ3) is 8.74. The predicted molar refractivity (Wildman–Crippen MR) is 178 cm³/mol. The number of hydrogen-bond donors (Lipinski definition) is 1. The minimum Gasteiger partial charge on any atom is -0.356 e. The Hall–Kier alpha value is -4.53. The van der Waals surface area contributed by atoms with Crippen LogP contribution < -0.4 is 19.4 Å². The molecule has 0 radical (unpaired) electrons. The topological polar surface area (TPSA) is 120 Å². The summed E-state index contributed by atoms with van der Waals surface area (Å²) in [4.78, 5) is 45.7. The molecule has 3 amide bonds. The van der Waals surface area contributed by atoms with Gasteiger partial charge < -0.3 is 15.1 Å². The molecular formula is C34H39F4N5O5S. The van der Waals surface area contributed by atoms with E-state index in [1.807, 2.05) is 30.3 Å². The normalized spacial score (nSPS) is 14.7. The largest absolute Gasteiger partial charge is 0.433 e. The average Bonchev–Trinajstić information content (AvgIpc) is 3.07. The van der Waals surface area contributed by atoms with E-state index in [-0.39, 0.29) is 36.3 Å². The Morgan fingerprint density at radius 2 is 1.61 bits per heavy atom. The summed E-state index contributed by atoms with van der Waals surface area (Å²) in [5.74, 6) is -3.36. The lowest BCUT2D eigenvalue weighted by atomic mass is 9.99. The summed E-state index contributed by atoms with van der Waals surface area (Å²) < 4.78 is 81.0. The van der Waals surface area contributed by atoms with Gasteiger partial charge in [0.2, 0.25) is 27.7 Å². The molecule has 3 aromatic rings. The van der Waals surface area contributed by atoms with E-state index >= 15 is 4.39 Å². The van der Waals surface area contributed by atoms with Gasteiger partial charge >= 0.3 is 6.18 Å². The van der Waals surface area contributed by atoms with Crippen molar-refractivity contribution in [2.75, 3.05) is 33.5 Å². The van der Waals surface area contributed by atoms with Crippen molar-refractivity contribution in [1.29, 1.82) is 0 Å². The number of halogens is 4. The highest BCUT2D eigenvalue weighted by Crippen LogP contribution is 2.33. The first-order chi connectivity index (χ1) is 23.1. The monoisotopic (exact) mass is 705 g/mol. The summed E-state index contributed by atoms with van der Waals surface area (Å²) in [6.07, 6.45) is -2.86. The summed E-state index contributed by atoms with van der Waals surface area (Å²) in [7, 11) is -4.12. The van der Waals surface area contributed by atoms with Crippen LogP contribution in [-0.2, 0) is 37.1 Å². The maximum absolute atomic E-state index is 15.1. The van der Waals surface area contributed by atoms with Gasteiger partial charge in [-0.1, -0.05) is 44.2 Å². The predicted octanol–water partition coefficient (Wildman–Crippen LogP) is 5.77. The molecule has 0 saturated carbocycles. The molecule has 1 saturated heterocycles. The molecule has 1 N–H and O–H groups in total. The lowest BCUT2D eigenvalue weighted by Crippen LogP contribution is -2.48. The number of carbonyl (C=O) groups is 3. The lowest BCUT2D eigenvalue weighted by Gasteiger charge is -2.39. The van der Waals surface area contributed by atoms with Crippen molar-refractivity contribution in [1.82, 2.24) is 10.3 Å². The Morgan fingerprint density at radius 3 is 2.16 bits per heavy atom. The van der Waals surface area contributed by atoms with Crippen LogP contribution in [0.1, 0.15) is 69.2 Å². The van der Waals surface area contributed by atoms with Crippen LogP contribution in [0, 0.1) is 5.82 Å². The van der Waals surface area contributed by atoms with Gasteiger partial charge in [-0.2, -0.15) is 13.2 Å². The van der Waals surface area contributed by atoms with Crippen molar-refractivity contribution >= 4 is 44.9 Å². The number of carbonyl (C=O) groups excluding carboxylic acids is 3. The highest BCUT2D eigenvalue weighted by Gasteiger charge is 2.35. The fourth-order valence-corrected chi connectivity index (χ4v) is 6.79. The number of anilines is 3. The zero-order valence-corrected chi connectivity index (χ0v) is 28.4. The van der Waals surface area contributed by atoms with E-state index in [0.717, 1.165) is 30.1 Å². The lowest BCUT2D eigenvalue weighted by molar-refractivity contribution is -0.141. The fraction of sp³-hybridized carbons (Fsp3) is 0.412. The number of benzene rings is 2. The van der Waals surface area contributed by atoms with Crippen LogP contribution in [0.5, 0.6) is 0 Å². The van der Waals surface area contributed by atoms with E-state index in [4.69, 9.17) is 0 Å². The molecule has 15 heteroatoms. The number of pyridine rings is 1. The molecule has 0 bridgehead atoms. The Balaban J connectivity index is 1.52. The molecule has 2 heterocycles. The van der Waals surface area contributed by atoms with E-state index in [1.54, 1.807) is 16.7 Å². The molecule has 1 aromatic heterocycles. The minimum atomic E-state index is -4.70. The molecule has 1 fully saturated rings. The van der Waals surface area contributed by atoms with E-state index in [1.165, 1.54) is 26.0 Å². The van der Waals surface area contributed by atoms with Gasteiger partial charge in [-0.25, -0.2) is 22.1 Å². The second kappa shape index (κ2) is 15.3. The molecule has 49 heavy (non-hydrogen) atoms. The summed E-state index contributed by atoms with van der Waals surface area (Å²) in [6.45, 7) is 5.15. The molecule has 4 rings (SSSR count). The van der Waals surface area contributed by atoms with Crippen LogP contribution in [-0.4, -0.2) is 56.5 Å². The third-order valence-electron chi connectivity index (χ3n) is 8.38. The van der Waals surface area contributed by atoms with Gasteiger partial charge in [0.1, 0.15) is 17.3 Å². The summed E-state index contributed by atoms with van der Waals surface area (Å²) in [5, 5.41) is 2.69. The molecule has 1 atom stereocenters. The number of piperidine rings is 1. The third-order valence-corrected chi connectivity index (χ3v) is 9.44. The van der Waals surface area contributed by atoms with Crippen LogP contribution in [0.15, 0.2) is 60.7 Å². The van der Waals surface area contributed by atoms with Crippen LogP contribution in [0.3, 0.4) is 0 Å². The number of rotatable bonds is 11. The maximum atomic E-state index is 15.1. The number of alkyl halides is 3. The zero-order valence-electron chi connectivity index (χ0n) is 27.6. The minimum absolute atomic E-state index is 0.0592. The number of nitrogens with zero attached hydrogens (tertiary/aromatic N) is 4. The first-order valence-corrected chi connectivity index (χ1v) is 17.7. The zero-order chi connectivity index (χ0) is 36.1. The van der Waals surface area contributed by atoms with Crippen LogP contribution in [0.4, 0.5) is 34.8 Å². The van der Waals surface area contributed by atoms with Crippen molar-refractivity contribution in [3.8, 4) is 0 Å². The van der Waals surface area contributed by atoms with Gasteiger partial charge in [-0.05, 0) is 55.7 Å². The van der Waals surface area contributed by atoms with Crippen molar-refractivity contribution in [2.24, 2.45) is 0 Å². The van der Waals surface area contributed by atoms with Gasteiger partial charge in [-0.3, -0.25) is 14.4 Å². The van der Waals surface area contributed by atoms with Crippen LogP contribution in [0.2, 0.25) is 0 Å². The number of amides is 3. The van der Waals surface area contributed by atoms with Crippen molar-refractivity contribution in [3.05, 3.63) is 83.3 Å². The first kappa shape index (κ1) is 37.3. The van der Waals surface area contributed by atoms with Crippen LogP contribution >= 0.6 is 0 Å². The molecule has 1 aliphatic rings.